The molecular formula is C17H13Cl2N3O. The number of nitrogens with zero attached hydrogens (tertiary/aromatic N) is 2. The first kappa shape index (κ1) is 15.6. The van der Waals surface area contributed by atoms with Crippen LogP contribution in [-0.2, 0) is 0 Å². The molecule has 0 atom stereocenters. The lowest BCUT2D eigenvalue weighted by molar-refractivity contribution is 0.477. The molecule has 2 aromatic carbocycles. The first-order chi connectivity index (χ1) is 11.0. The minimum absolute atomic E-state index is 0.138. The maximum atomic E-state index is 9.97. The number of phenolic OH excluding ortho intramolecular Hbond substituents is 1. The summed E-state index contributed by atoms with van der Waals surface area (Å²) in [6, 6.07) is 14.0. The van der Waals surface area contributed by atoms with Crippen LogP contribution < -0.4 is 5.32 Å². The lowest BCUT2D eigenvalue weighted by Crippen LogP contribution is -1.99. The minimum Gasteiger partial charge on any atom is -0.507 e. The minimum atomic E-state index is 0.138. The van der Waals surface area contributed by atoms with Gasteiger partial charge in [0, 0.05) is 17.4 Å². The average Bonchev–Trinajstić information content (AvgIpc) is 2.51. The van der Waals surface area contributed by atoms with Gasteiger partial charge in [-0.3, -0.25) is 0 Å². The number of halogens is 2. The van der Waals surface area contributed by atoms with Gasteiger partial charge in [0.2, 0.25) is 0 Å². The average molecular weight is 346 g/mol. The van der Waals surface area contributed by atoms with Crippen molar-refractivity contribution in [1.82, 2.24) is 9.97 Å². The molecule has 116 valence electrons. The Bertz CT molecular complexity index is 868. The smallest absolute Gasteiger partial charge is 0.165 e. The Balaban J connectivity index is 1.97. The number of aryl methyl sites for hydroxylation is 1. The molecule has 3 aromatic rings. The fraction of sp³-hybridized carbons (Fsp3) is 0.0588. The summed E-state index contributed by atoms with van der Waals surface area (Å²) >= 11 is 11.9. The van der Waals surface area contributed by atoms with E-state index in [1.165, 1.54) is 0 Å². The third kappa shape index (κ3) is 3.55. The van der Waals surface area contributed by atoms with Crippen LogP contribution >= 0.6 is 23.2 Å². The van der Waals surface area contributed by atoms with Gasteiger partial charge in [-0.25, -0.2) is 9.97 Å². The van der Waals surface area contributed by atoms with Crippen LogP contribution in [0.1, 0.15) is 5.69 Å². The van der Waals surface area contributed by atoms with Crippen molar-refractivity contribution in [3.8, 4) is 17.1 Å². The normalized spacial score (nSPS) is 10.6. The van der Waals surface area contributed by atoms with E-state index < -0.39 is 0 Å². The molecule has 3 rings (SSSR count). The van der Waals surface area contributed by atoms with Crippen LogP contribution in [0.2, 0.25) is 10.0 Å². The van der Waals surface area contributed by atoms with E-state index in [-0.39, 0.29) is 5.75 Å². The molecule has 0 aliphatic heterocycles. The molecular weight excluding hydrogens is 333 g/mol. The van der Waals surface area contributed by atoms with Gasteiger partial charge in [-0.15, -0.1) is 0 Å². The number of aromatic hydroxyl groups is 1. The highest BCUT2D eigenvalue weighted by atomic mass is 35.5. The highest BCUT2D eigenvalue weighted by Gasteiger charge is 2.09. The highest BCUT2D eigenvalue weighted by Crippen LogP contribution is 2.29. The summed E-state index contributed by atoms with van der Waals surface area (Å²) in [7, 11) is 0. The van der Waals surface area contributed by atoms with Gasteiger partial charge >= 0.3 is 0 Å². The van der Waals surface area contributed by atoms with Crippen molar-refractivity contribution in [2.24, 2.45) is 0 Å². The van der Waals surface area contributed by atoms with Gasteiger partial charge in [0.1, 0.15) is 11.6 Å². The van der Waals surface area contributed by atoms with Crippen molar-refractivity contribution >= 4 is 34.7 Å². The van der Waals surface area contributed by atoms with Gasteiger partial charge in [0.05, 0.1) is 15.6 Å². The summed E-state index contributed by atoms with van der Waals surface area (Å²) in [4.78, 5) is 8.83. The largest absolute Gasteiger partial charge is 0.507 e. The van der Waals surface area contributed by atoms with E-state index in [0.717, 1.165) is 11.4 Å². The summed E-state index contributed by atoms with van der Waals surface area (Å²) in [6.45, 7) is 1.87. The highest BCUT2D eigenvalue weighted by molar-refractivity contribution is 6.42. The second-order valence-corrected chi connectivity index (χ2v) is 5.80. The van der Waals surface area contributed by atoms with E-state index >= 15 is 0 Å². The lowest BCUT2D eigenvalue weighted by atomic mass is 10.2. The van der Waals surface area contributed by atoms with Crippen LogP contribution in [0.5, 0.6) is 5.75 Å². The summed E-state index contributed by atoms with van der Waals surface area (Å²) in [6.07, 6.45) is 0. The fourth-order valence-electron chi connectivity index (χ4n) is 2.14. The molecule has 0 radical (unpaired) electrons. The number of nitrogens with one attached hydrogen (secondary N) is 1. The number of anilines is 2. The molecule has 1 heterocycles. The third-order valence-corrected chi connectivity index (χ3v) is 3.93. The zero-order valence-electron chi connectivity index (χ0n) is 12.2. The monoisotopic (exact) mass is 345 g/mol. The van der Waals surface area contributed by atoms with Crippen LogP contribution in [0.25, 0.3) is 11.4 Å². The molecule has 0 unspecified atom stereocenters. The van der Waals surface area contributed by atoms with Crippen molar-refractivity contribution in [2.45, 2.75) is 6.92 Å². The Morgan fingerprint density at radius 1 is 0.957 bits per heavy atom. The third-order valence-electron chi connectivity index (χ3n) is 3.19. The van der Waals surface area contributed by atoms with Crippen molar-refractivity contribution in [1.29, 1.82) is 0 Å². The molecule has 6 heteroatoms. The van der Waals surface area contributed by atoms with Crippen LogP contribution in [0, 0.1) is 6.92 Å². The second-order valence-electron chi connectivity index (χ2n) is 4.99. The second kappa shape index (κ2) is 6.44. The summed E-state index contributed by atoms with van der Waals surface area (Å²) in [5.41, 5.74) is 2.12. The molecule has 0 amide bonds. The summed E-state index contributed by atoms with van der Waals surface area (Å²) < 4.78 is 0. The van der Waals surface area contributed by atoms with E-state index in [0.29, 0.717) is 27.3 Å². The Hall–Kier alpha value is -2.30. The maximum Gasteiger partial charge on any atom is 0.165 e. The molecule has 0 bridgehead atoms. The van der Waals surface area contributed by atoms with Crippen molar-refractivity contribution < 1.29 is 5.11 Å². The lowest BCUT2D eigenvalue weighted by Gasteiger charge is -2.10. The number of rotatable bonds is 3. The van der Waals surface area contributed by atoms with Crippen LogP contribution in [-0.4, -0.2) is 15.1 Å². The first-order valence-corrected chi connectivity index (χ1v) is 7.64. The number of hydrogen-bond acceptors (Lipinski definition) is 4. The van der Waals surface area contributed by atoms with Crippen LogP contribution in [0.4, 0.5) is 11.5 Å². The molecule has 0 spiro atoms. The maximum absolute atomic E-state index is 9.97. The van der Waals surface area contributed by atoms with Crippen LogP contribution in [0.15, 0.2) is 48.5 Å². The molecule has 23 heavy (non-hydrogen) atoms. The number of para-hydroxylation sites is 1. The zero-order chi connectivity index (χ0) is 16.4. The Morgan fingerprint density at radius 2 is 1.74 bits per heavy atom. The first-order valence-electron chi connectivity index (χ1n) is 6.89. The molecule has 0 saturated carbocycles. The van der Waals surface area contributed by atoms with E-state index in [4.69, 9.17) is 23.2 Å². The number of phenols is 1. The van der Waals surface area contributed by atoms with Gasteiger partial charge < -0.3 is 10.4 Å². The van der Waals surface area contributed by atoms with Gasteiger partial charge in [0.25, 0.3) is 0 Å². The Kier molecular flexibility index (Phi) is 4.37. The summed E-state index contributed by atoms with van der Waals surface area (Å²) in [5, 5.41) is 14.1. The number of aromatic nitrogens is 2. The molecule has 0 fully saturated rings. The molecule has 2 N–H and O–H groups in total. The predicted molar refractivity (Wildman–Crippen MR) is 93.6 cm³/mol. The van der Waals surface area contributed by atoms with Crippen molar-refractivity contribution in [2.75, 3.05) is 5.32 Å². The van der Waals surface area contributed by atoms with Gasteiger partial charge in [-0.05, 0) is 37.3 Å². The van der Waals surface area contributed by atoms with Gasteiger partial charge in [-0.1, -0.05) is 35.3 Å². The van der Waals surface area contributed by atoms with Gasteiger partial charge in [0.15, 0.2) is 5.82 Å². The molecule has 1 aromatic heterocycles. The molecule has 0 aliphatic rings. The standard InChI is InChI=1S/C17H13Cl2N3O/c1-10-8-16(21-11-6-7-13(18)14(19)9-11)22-17(20-10)12-4-2-3-5-15(12)23/h2-9,23H,1H3,(H,20,21,22). The van der Waals surface area contributed by atoms with Crippen molar-refractivity contribution in [3.05, 3.63) is 64.3 Å². The zero-order valence-corrected chi connectivity index (χ0v) is 13.7. The quantitative estimate of drug-likeness (QED) is 0.684. The summed E-state index contributed by atoms with van der Waals surface area (Å²) in [5.74, 6) is 1.19. The number of hydrogen-bond donors (Lipinski definition) is 2. The molecule has 4 nitrogen and oxygen atoms in total. The van der Waals surface area contributed by atoms with E-state index in [1.807, 2.05) is 25.1 Å². The van der Waals surface area contributed by atoms with E-state index in [9.17, 15) is 5.11 Å². The number of benzene rings is 2. The van der Waals surface area contributed by atoms with E-state index in [2.05, 4.69) is 15.3 Å². The van der Waals surface area contributed by atoms with E-state index in [1.54, 1.807) is 30.3 Å². The molecule has 0 saturated heterocycles. The Labute approximate surface area is 143 Å². The molecule has 0 aliphatic carbocycles. The Morgan fingerprint density at radius 3 is 2.48 bits per heavy atom. The SMILES string of the molecule is Cc1cc(Nc2ccc(Cl)c(Cl)c2)nc(-c2ccccc2O)n1. The van der Waals surface area contributed by atoms with Crippen LogP contribution in [0.3, 0.4) is 0 Å². The van der Waals surface area contributed by atoms with Crippen molar-refractivity contribution in [3.63, 3.8) is 0 Å². The van der Waals surface area contributed by atoms with Gasteiger partial charge in [-0.2, -0.15) is 0 Å². The predicted octanol–water partition coefficient (Wildman–Crippen LogP) is 5.21. The topological polar surface area (TPSA) is 58.0 Å². The fourth-order valence-corrected chi connectivity index (χ4v) is 2.44.